The van der Waals surface area contributed by atoms with Crippen LogP contribution in [0.2, 0.25) is 0 Å². The number of hydrogen-bond acceptors (Lipinski definition) is 2. The van der Waals surface area contributed by atoms with Crippen LogP contribution in [0.4, 0.5) is 14.5 Å². The van der Waals surface area contributed by atoms with Crippen LogP contribution in [0.25, 0.3) is 0 Å². The van der Waals surface area contributed by atoms with Crippen LogP contribution >= 0.6 is 0 Å². The lowest BCUT2D eigenvalue weighted by Gasteiger charge is -2.32. The summed E-state index contributed by atoms with van der Waals surface area (Å²) in [6, 6.07) is 2.96. The maximum absolute atomic E-state index is 13.7. The largest absolute Gasteiger partial charge is 0.342 e. The molecule has 6 heteroatoms. The quantitative estimate of drug-likeness (QED) is 0.870. The summed E-state index contributed by atoms with van der Waals surface area (Å²) < 4.78 is 26.6. The average molecular weight is 322 g/mol. The molecule has 1 aromatic carbocycles. The molecule has 1 heterocycles. The zero-order chi connectivity index (χ0) is 16.6. The van der Waals surface area contributed by atoms with Gasteiger partial charge in [-0.15, -0.1) is 0 Å². The fraction of sp³-hybridized carbons (Fsp3) is 0.529. The molecule has 2 fully saturated rings. The number of carbonyl (C=O) groups is 2. The van der Waals surface area contributed by atoms with Crippen molar-refractivity contribution in [1.82, 2.24) is 4.90 Å². The minimum absolute atomic E-state index is 0.0947. The van der Waals surface area contributed by atoms with Gasteiger partial charge in [0, 0.05) is 19.2 Å². The van der Waals surface area contributed by atoms with Gasteiger partial charge in [-0.3, -0.25) is 9.59 Å². The number of anilines is 1. The van der Waals surface area contributed by atoms with E-state index in [2.05, 4.69) is 12.2 Å². The topological polar surface area (TPSA) is 49.4 Å². The molecule has 0 bridgehead atoms. The molecule has 23 heavy (non-hydrogen) atoms. The maximum Gasteiger partial charge on any atom is 0.240 e. The molecule has 1 aromatic rings. The average Bonchev–Trinajstić information content (AvgIpc) is 3.32. The number of nitrogens with zero attached hydrogens (tertiary/aromatic N) is 1. The first-order chi connectivity index (χ1) is 10.9. The zero-order valence-corrected chi connectivity index (χ0v) is 13.1. The predicted octanol–water partition coefficient (Wildman–Crippen LogP) is 2.94. The van der Waals surface area contributed by atoms with Gasteiger partial charge in [0.05, 0.1) is 5.69 Å². The molecule has 0 radical (unpaired) electrons. The fourth-order valence-electron chi connectivity index (χ4n) is 3.01. The molecule has 0 unspecified atom stereocenters. The van der Waals surface area contributed by atoms with Gasteiger partial charge in [0.1, 0.15) is 17.0 Å². The highest BCUT2D eigenvalue weighted by molar-refractivity contribution is 6.13. The summed E-state index contributed by atoms with van der Waals surface area (Å²) in [5.74, 6) is -1.61. The number of benzene rings is 1. The molecule has 2 amide bonds. The molecule has 1 saturated heterocycles. The van der Waals surface area contributed by atoms with E-state index in [-0.39, 0.29) is 11.6 Å². The van der Waals surface area contributed by atoms with Crippen molar-refractivity contribution in [2.75, 3.05) is 18.4 Å². The molecule has 1 saturated carbocycles. The first kappa shape index (κ1) is 15.9. The summed E-state index contributed by atoms with van der Waals surface area (Å²) in [4.78, 5) is 26.9. The van der Waals surface area contributed by atoms with Gasteiger partial charge in [0.2, 0.25) is 11.8 Å². The number of hydrogen-bond donors (Lipinski definition) is 1. The highest BCUT2D eigenvalue weighted by Gasteiger charge is 2.58. The van der Waals surface area contributed by atoms with Crippen molar-refractivity contribution >= 4 is 17.5 Å². The predicted molar refractivity (Wildman–Crippen MR) is 81.6 cm³/mol. The van der Waals surface area contributed by atoms with Crippen molar-refractivity contribution in [2.45, 2.75) is 32.6 Å². The van der Waals surface area contributed by atoms with Crippen molar-refractivity contribution in [2.24, 2.45) is 11.3 Å². The lowest BCUT2D eigenvalue weighted by atomic mass is 9.96. The van der Waals surface area contributed by atoms with Crippen LogP contribution in [0.15, 0.2) is 18.2 Å². The van der Waals surface area contributed by atoms with E-state index < -0.39 is 23.0 Å². The van der Waals surface area contributed by atoms with Crippen LogP contribution in [0.3, 0.4) is 0 Å². The van der Waals surface area contributed by atoms with Crippen LogP contribution in [-0.4, -0.2) is 29.8 Å². The van der Waals surface area contributed by atoms with Crippen LogP contribution in [-0.2, 0) is 9.59 Å². The first-order valence-electron chi connectivity index (χ1n) is 7.98. The van der Waals surface area contributed by atoms with E-state index in [1.807, 2.05) is 0 Å². The highest BCUT2D eigenvalue weighted by atomic mass is 19.1. The van der Waals surface area contributed by atoms with Gasteiger partial charge in [-0.05, 0) is 43.7 Å². The number of carbonyl (C=O) groups excluding carboxylic acids is 2. The number of likely N-dealkylation sites (tertiary alicyclic amines) is 1. The summed E-state index contributed by atoms with van der Waals surface area (Å²) in [7, 11) is 0. The normalized spacial score (nSPS) is 20.2. The zero-order valence-electron chi connectivity index (χ0n) is 13.1. The first-order valence-corrected chi connectivity index (χ1v) is 7.98. The Balaban J connectivity index is 1.70. The van der Waals surface area contributed by atoms with Gasteiger partial charge in [0.15, 0.2) is 0 Å². The summed E-state index contributed by atoms with van der Waals surface area (Å²) >= 11 is 0. The Morgan fingerprint density at radius 3 is 2.43 bits per heavy atom. The van der Waals surface area contributed by atoms with Crippen molar-refractivity contribution in [3.8, 4) is 0 Å². The molecular formula is C17H20F2N2O2. The lowest BCUT2D eigenvalue weighted by molar-refractivity contribution is -0.143. The summed E-state index contributed by atoms with van der Waals surface area (Å²) in [5.41, 5.74) is -1.16. The standard InChI is InChI=1S/C17H20F2N2O2/c1-11-4-8-21(9-5-11)16(23)17(6-7-17)15(22)20-14-3-2-12(18)10-13(14)19/h2-3,10-11H,4-9H2,1H3,(H,20,22). The van der Waals surface area contributed by atoms with E-state index in [0.29, 0.717) is 37.9 Å². The fourth-order valence-corrected chi connectivity index (χ4v) is 3.01. The molecule has 1 N–H and O–H groups in total. The Morgan fingerprint density at radius 1 is 1.22 bits per heavy atom. The molecule has 1 aliphatic carbocycles. The molecule has 0 spiro atoms. The van der Waals surface area contributed by atoms with Crippen LogP contribution in [0.5, 0.6) is 0 Å². The van der Waals surface area contributed by atoms with Gasteiger partial charge in [0.25, 0.3) is 0 Å². The van der Waals surface area contributed by atoms with E-state index in [1.165, 1.54) is 6.07 Å². The Morgan fingerprint density at radius 2 is 1.87 bits per heavy atom. The molecule has 1 aliphatic heterocycles. The molecule has 0 atom stereocenters. The SMILES string of the molecule is CC1CCN(C(=O)C2(C(=O)Nc3ccc(F)cc3F)CC2)CC1. The third-order valence-electron chi connectivity index (χ3n) is 4.84. The molecule has 2 aliphatic rings. The number of piperidine rings is 1. The number of amides is 2. The Kier molecular flexibility index (Phi) is 4.08. The second kappa shape index (κ2) is 5.91. The molecule has 124 valence electrons. The van der Waals surface area contributed by atoms with Gasteiger partial charge in [-0.25, -0.2) is 8.78 Å². The monoisotopic (exact) mass is 322 g/mol. The Labute approximate surface area is 133 Å². The van der Waals surface area contributed by atoms with Gasteiger partial charge in [-0.1, -0.05) is 6.92 Å². The van der Waals surface area contributed by atoms with E-state index in [1.54, 1.807) is 4.90 Å². The van der Waals surface area contributed by atoms with E-state index in [4.69, 9.17) is 0 Å². The Bertz CT molecular complexity index is 635. The lowest BCUT2D eigenvalue weighted by Crippen LogP contribution is -2.46. The minimum atomic E-state index is -1.07. The second-order valence-electron chi connectivity index (χ2n) is 6.64. The molecular weight excluding hydrogens is 302 g/mol. The molecule has 3 rings (SSSR count). The van der Waals surface area contributed by atoms with Gasteiger partial charge >= 0.3 is 0 Å². The summed E-state index contributed by atoms with van der Waals surface area (Å²) in [6.07, 6.45) is 2.84. The van der Waals surface area contributed by atoms with Crippen molar-refractivity contribution in [3.05, 3.63) is 29.8 Å². The number of nitrogens with one attached hydrogen (secondary N) is 1. The van der Waals surface area contributed by atoms with Crippen molar-refractivity contribution < 1.29 is 18.4 Å². The molecule has 4 nitrogen and oxygen atoms in total. The maximum atomic E-state index is 13.7. The van der Waals surface area contributed by atoms with Gasteiger partial charge in [-0.2, -0.15) is 0 Å². The van der Waals surface area contributed by atoms with E-state index >= 15 is 0 Å². The minimum Gasteiger partial charge on any atom is -0.342 e. The van der Waals surface area contributed by atoms with E-state index in [0.717, 1.165) is 18.9 Å². The highest BCUT2D eigenvalue weighted by Crippen LogP contribution is 2.48. The number of rotatable bonds is 3. The number of halogens is 2. The van der Waals surface area contributed by atoms with Crippen molar-refractivity contribution in [3.63, 3.8) is 0 Å². The van der Waals surface area contributed by atoms with Crippen LogP contribution in [0, 0.1) is 23.0 Å². The third-order valence-corrected chi connectivity index (χ3v) is 4.84. The van der Waals surface area contributed by atoms with E-state index in [9.17, 15) is 18.4 Å². The second-order valence-corrected chi connectivity index (χ2v) is 6.64. The van der Waals surface area contributed by atoms with Crippen molar-refractivity contribution in [1.29, 1.82) is 0 Å². The summed E-state index contributed by atoms with van der Waals surface area (Å²) in [6.45, 7) is 3.48. The van der Waals surface area contributed by atoms with Gasteiger partial charge < -0.3 is 10.2 Å². The third kappa shape index (κ3) is 3.07. The summed E-state index contributed by atoms with van der Waals surface area (Å²) in [5, 5.41) is 2.44. The Hall–Kier alpha value is -1.98. The smallest absolute Gasteiger partial charge is 0.240 e. The van der Waals surface area contributed by atoms with Crippen LogP contribution in [0.1, 0.15) is 32.6 Å². The van der Waals surface area contributed by atoms with Crippen LogP contribution < -0.4 is 5.32 Å². The molecule has 0 aromatic heterocycles.